The van der Waals surface area contributed by atoms with Crippen LogP contribution in [0.3, 0.4) is 0 Å². The Labute approximate surface area is 136 Å². The zero-order valence-corrected chi connectivity index (χ0v) is 13.6. The van der Waals surface area contributed by atoms with Crippen molar-refractivity contribution in [3.8, 4) is 17.1 Å². The van der Waals surface area contributed by atoms with Crippen LogP contribution in [0, 0.1) is 0 Å². The van der Waals surface area contributed by atoms with E-state index in [-0.39, 0.29) is 0 Å². The molecule has 1 aliphatic heterocycles. The lowest BCUT2D eigenvalue weighted by Crippen LogP contribution is -2.48. The van der Waals surface area contributed by atoms with Crippen LogP contribution in [0.15, 0.2) is 28.8 Å². The van der Waals surface area contributed by atoms with Gasteiger partial charge in [-0.1, -0.05) is 5.16 Å². The maximum absolute atomic E-state index is 5.49. The third kappa shape index (κ3) is 2.74. The monoisotopic (exact) mass is 313 g/mol. The highest BCUT2D eigenvalue weighted by Crippen LogP contribution is 2.45. The van der Waals surface area contributed by atoms with E-state index in [1.54, 1.807) is 0 Å². The van der Waals surface area contributed by atoms with Crippen molar-refractivity contribution in [3.05, 3.63) is 30.2 Å². The van der Waals surface area contributed by atoms with E-state index in [1.807, 2.05) is 31.2 Å². The van der Waals surface area contributed by atoms with Crippen LogP contribution in [0.5, 0.6) is 5.75 Å². The summed E-state index contributed by atoms with van der Waals surface area (Å²) in [5.41, 5.74) is 1.40. The summed E-state index contributed by atoms with van der Waals surface area (Å²) >= 11 is 0. The van der Waals surface area contributed by atoms with E-state index in [1.165, 1.54) is 32.1 Å². The van der Waals surface area contributed by atoms with Crippen LogP contribution >= 0.6 is 0 Å². The van der Waals surface area contributed by atoms with E-state index in [9.17, 15) is 0 Å². The smallest absolute Gasteiger partial charge is 0.241 e. The fraction of sp³-hybridized carbons (Fsp3) is 0.556. The van der Waals surface area contributed by atoms with Gasteiger partial charge in [0.15, 0.2) is 0 Å². The van der Waals surface area contributed by atoms with Crippen LogP contribution in [-0.2, 0) is 6.54 Å². The van der Waals surface area contributed by atoms with Crippen LogP contribution in [0.1, 0.15) is 44.9 Å². The Morgan fingerprint density at radius 1 is 1.17 bits per heavy atom. The van der Waals surface area contributed by atoms with Gasteiger partial charge in [-0.25, -0.2) is 0 Å². The number of likely N-dealkylation sites (tertiary alicyclic amines) is 1. The molecule has 0 N–H and O–H groups in total. The predicted octanol–water partition coefficient (Wildman–Crippen LogP) is 3.65. The van der Waals surface area contributed by atoms with E-state index in [2.05, 4.69) is 15.0 Å². The van der Waals surface area contributed by atoms with Gasteiger partial charge in [0, 0.05) is 11.1 Å². The number of nitrogens with zero attached hydrogens (tertiary/aromatic N) is 3. The number of hydrogen-bond donors (Lipinski definition) is 0. The predicted molar refractivity (Wildman–Crippen MR) is 87.1 cm³/mol. The van der Waals surface area contributed by atoms with Gasteiger partial charge >= 0.3 is 0 Å². The minimum Gasteiger partial charge on any atom is -0.494 e. The Morgan fingerprint density at radius 3 is 2.65 bits per heavy atom. The summed E-state index contributed by atoms with van der Waals surface area (Å²) in [6, 6.07) is 7.84. The van der Waals surface area contributed by atoms with Crippen molar-refractivity contribution in [3.63, 3.8) is 0 Å². The fourth-order valence-corrected chi connectivity index (χ4v) is 3.86. The van der Waals surface area contributed by atoms with Gasteiger partial charge in [-0.15, -0.1) is 0 Å². The van der Waals surface area contributed by atoms with Crippen molar-refractivity contribution in [1.82, 2.24) is 15.0 Å². The summed E-state index contributed by atoms with van der Waals surface area (Å²) in [6.07, 6.45) is 6.63. The summed E-state index contributed by atoms with van der Waals surface area (Å²) < 4.78 is 10.9. The second-order valence-electron chi connectivity index (χ2n) is 6.57. The summed E-state index contributed by atoms with van der Waals surface area (Å²) in [5, 5.41) is 4.14. The maximum atomic E-state index is 5.49. The number of rotatable bonds is 5. The normalized spacial score (nSPS) is 19.9. The van der Waals surface area contributed by atoms with E-state index < -0.39 is 0 Å². The molecule has 1 aromatic carbocycles. The van der Waals surface area contributed by atoms with E-state index in [0.29, 0.717) is 18.0 Å². The van der Waals surface area contributed by atoms with E-state index in [4.69, 9.17) is 9.26 Å². The first-order chi connectivity index (χ1) is 11.3. The standard InChI is InChI=1S/C18H23N3O2/c1-2-22-15-7-5-14(6-8-15)17-19-16(23-20-17)13-21-12-4-11-18(21)9-3-10-18/h5-8H,2-4,9-13H2,1H3. The van der Waals surface area contributed by atoms with E-state index >= 15 is 0 Å². The van der Waals surface area contributed by atoms with Gasteiger partial charge in [-0.3, -0.25) is 4.90 Å². The Hall–Kier alpha value is -1.88. The lowest BCUT2D eigenvalue weighted by molar-refractivity contribution is 0.0413. The summed E-state index contributed by atoms with van der Waals surface area (Å²) in [5.74, 6) is 2.25. The zero-order chi connectivity index (χ0) is 15.7. The Morgan fingerprint density at radius 2 is 1.96 bits per heavy atom. The largest absolute Gasteiger partial charge is 0.494 e. The molecular formula is C18H23N3O2. The van der Waals surface area contributed by atoms with Gasteiger partial charge in [0.05, 0.1) is 13.2 Å². The minimum atomic E-state index is 0.438. The lowest BCUT2D eigenvalue weighted by atomic mass is 9.75. The Kier molecular flexibility index (Phi) is 3.81. The average Bonchev–Trinajstić information content (AvgIpc) is 3.15. The molecule has 2 aromatic rings. The van der Waals surface area contributed by atoms with Gasteiger partial charge in [-0.2, -0.15) is 4.98 Å². The van der Waals surface area contributed by atoms with Crippen LogP contribution in [0.4, 0.5) is 0 Å². The highest BCUT2D eigenvalue weighted by atomic mass is 16.5. The number of hydrogen-bond acceptors (Lipinski definition) is 5. The Bertz CT molecular complexity index is 661. The van der Waals surface area contributed by atoms with Gasteiger partial charge < -0.3 is 9.26 Å². The molecule has 0 bridgehead atoms. The van der Waals surface area contributed by atoms with Crippen molar-refractivity contribution in [2.24, 2.45) is 0 Å². The topological polar surface area (TPSA) is 51.4 Å². The molecule has 1 aromatic heterocycles. The third-order valence-corrected chi connectivity index (χ3v) is 5.24. The van der Waals surface area contributed by atoms with Crippen LogP contribution < -0.4 is 4.74 Å². The minimum absolute atomic E-state index is 0.438. The van der Waals surface area contributed by atoms with Gasteiger partial charge in [-0.05, 0) is 69.8 Å². The van der Waals surface area contributed by atoms with Gasteiger partial charge in [0.2, 0.25) is 11.7 Å². The molecule has 4 rings (SSSR count). The molecular weight excluding hydrogens is 290 g/mol. The molecule has 1 spiro atoms. The lowest BCUT2D eigenvalue weighted by Gasteiger charge is -2.45. The molecule has 5 nitrogen and oxygen atoms in total. The van der Waals surface area contributed by atoms with E-state index in [0.717, 1.165) is 30.3 Å². The zero-order valence-electron chi connectivity index (χ0n) is 13.6. The molecule has 122 valence electrons. The molecule has 1 saturated heterocycles. The molecule has 23 heavy (non-hydrogen) atoms. The highest BCUT2D eigenvalue weighted by Gasteiger charge is 2.45. The first-order valence-electron chi connectivity index (χ1n) is 8.60. The molecule has 0 atom stereocenters. The van der Waals surface area contributed by atoms with Gasteiger partial charge in [0.1, 0.15) is 5.75 Å². The number of benzene rings is 1. The second-order valence-corrected chi connectivity index (χ2v) is 6.57. The van der Waals surface area contributed by atoms with Crippen molar-refractivity contribution in [1.29, 1.82) is 0 Å². The van der Waals surface area contributed by atoms with Crippen molar-refractivity contribution < 1.29 is 9.26 Å². The molecule has 2 aliphatic rings. The first kappa shape index (κ1) is 14.7. The van der Waals surface area contributed by atoms with Crippen molar-refractivity contribution in [2.75, 3.05) is 13.2 Å². The second kappa shape index (κ2) is 5.96. The van der Waals surface area contributed by atoms with Crippen molar-refractivity contribution >= 4 is 0 Å². The van der Waals surface area contributed by atoms with Crippen molar-refractivity contribution in [2.45, 2.75) is 51.1 Å². The maximum Gasteiger partial charge on any atom is 0.241 e. The molecule has 2 heterocycles. The molecule has 1 saturated carbocycles. The fourth-order valence-electron chi connectivity index (χ4n) is 3.86. The summed E-state index contributed by atoms with van der Waals surface area (Å²) in [4.78, 5) is 7.13. The summed E-state index contributed by atoms with van der Waals surface area (Å²) in [7, 11) is 0. The molecule has 2 fully saturated rings. The SMILES string of the molecule is CCOc1ccc(-c2noc(CN3CCCC34CCC4)n2)cc1. The van der Waals surface area contributed by atoms with Crippen LogP contribution in [-0.4, -0.2) is 33.7 Å². The number of aromatic nitrogens is 2. The molecule has 1 aliphatic carbocycles. The first-order valence-corrected chi connectivity index (χ1v) is 8.60. The average molecular weight is 313 g/mol. The molecule has 0 unspecified atom stereocenters. The molecule has 5 heteroatoms. The van der Waals surface area contributed by atoms with Crippen LogP contribution in [0.2, 0.25) is 0 Å². The Balaban J connectivity index is 1.46. The highest BCUT2D eigenvalue weighted by molar-refractivity contribution is 5.55. The summed E-state index contributed by atoms with van der Waals surface area (Å²) in [6.45, 7) is 4.58. The molecule has 0 amide bonds. The van der Waals surface area contributed by atoms with Crippen LogP contribution in [0.25, 0.3) is 11.4 Å². The number of ether oxygens (including phenoxy) is 1. The third-order valence-electron chi connectivity index (χ3n) is 5.24. The molecule has 0 radical (unpaired) electrons. The van der Waals surface area contributed by atoms with Gasteiger partial charge in [0.25, 0.3) is 0 Å². The quantitative estimate of drug-likeness (QED) is 0.843.